The molecule has 5 heteroatoms. The second-order valence-electron chi connectivity index (χ2n) is 5.40. The van der Waals surface area contributed by atoms with Gasteiger partial charge in [0.15, 0.2) is 0 Å². The second kappa shape index (κ2) is 7.14. The molecule has 1 aromatic rings. The van der Waals surface area contributed by atoms with E-state index in [0.29, 0.717) is 11.6 Å². The maximum Gasteiger partial charge on any atom is 0.242 e. The summed E-state index contributed by atoms with van der Waals surface area (Å²) < 4.78 is 0. The van der Waals surface area contributed by atoms with E-state index in [1.54, 1.807) is 0 Å². The summed E-state index contributed by atoms with van der Waals surface area (Å²) in [4.78, 5) is 14.1. The largest absolute Gasteiger partial charge is 0.357 e. The third kappa shape index (κ3) is 3.50. The lowest BCUT2D eigenvalue weighted by Crippen LogP contribution is -2.55. The van der Waals surface area contributed by atoms with Crippen LogP contribution < -0.4 is 15.5 Å². The SMILES string of the molecule is CCNC(C)c1ccc(N2CCNC(=O)C2CC)c(Cl)c1. The van der Waals surface area contributed by atoms with Gasteiger partial charge in [-0.1, -0.05) is 31.5 Å². The summed E-state index contributed by atoms with van der Waals surface area (Å²) in [5.41, 5.74) is 2.12. The summed E-state index contributed by atoms with van der Waals surface area (Å²) >= 11 is 6.48. The van der Waals surface area contributed by atoms with E-state index >= 15 is 0 Å². The van der Waals surface area contributed by atoms with E-state index in [1.807, 2.05) is 19.1 Å². The van der Waals surface area contributed by atoms with Crippen LogP contribution in [0.5, 0.6) is 0 Å². The Labute approximate surface area is 131 Å². The number of piperazine rings is 1. The summed E-state index contributed by atoms with van der Waals surface area (Å²) in [5.74, 6) is 0.0879. The molecule has 1 saturated heterocycles. The molecule has 0 aliphatic carbocycles. The summed E-state index contributed by atoms with van der Waals surface area (Å²) in [6.07, 6.45) is 0.776. The number of hydrogen-bond donors (Lipinski definition) is 2. The van der Waals surface area contributed by atoms with Crippen molar-refractivity contribution in [2.75, 3.05) is 24.5 Å². The van der Waals surface area contributed by atoms with Crippen LogP contribution in [0.3, 0.4) is 0 Å². The van der Waals surface area contributed by atoms with Crippen molar-refractivity contribution in [3.63, 3.8) is 0 Å². The molecule has 0 radical (unpaired) electrons. The van der Waals surface area contributed by atoms with Gasteiger partial charge in [0.25, 0.3) is 0 Å². The maximum atomic E-state index is 12.0. The lowest BCUT2D eigenvalue weighted by Gasteiger charge is -2.37. The standard InChI is InChI=1S/C16H24ClN3O/c1-4-14-16(21)19-8-9-20(14)15-7-6-12(10-13(15)17)11(3)18-5-2/h6-7,10-11,14,18H,4-5,8-9H2,1-3H3,(H,19,21). The first-order chi connectivity index (χ1) is 10.1. The summed E-state index contributed by atoms with van der Waals surface area (Å²) in [7, 11) is 0. The minimum absolute atomic E-state index is 0.0879. The van der Waals surface area contributed by atoms with Gasteiger partial charge in [0, 0.05) is 19.1 Å². The number of carbonyl (C=O) groups is 1. The van der Waals surface area contributed by atoms with Gasteiger partial charge in [0.05, 0.1) is 10.7 Å². The fourth-order valence-electron chi connectivity index (χ4n) is 2.86. The van der Waals surface area contributed by atoms with Gasteiger partial charge in [-0.2, -0.15) is 0 Å². The quantitative estimate of drug-likeness (QED) is 0.879. The molecule has 1 aliphatic heterocycles. The van der Waals surface area contributed by atoms with Gasteiger partial charge in [-0.3, -0.25) is 4.79 Å². The molecule has 0 spiro atoms. The molecule has 2 unspecified atom stereocenters. The number of anilines is 1. The van der Waals surface area contributed by atoms with Gasteiger partial charge < -0.3 is 15.5 Å². The zero-order chi connectivity index (χ0) is 15.4. The number of nitrogens with one attached hydrogen (secondary N) is 2. The van der Waals surface area contributed by atoms with E-state index in [0.717, 1.165) is 25.2 Å². The molecule has 4 nitrogen and oxygen atoms in total. The van der Waals surface area contributed by atoms with Crippen LogP contribution in [0.4, 0.5) is 5.69 Å². The van der Waals surface area contributed by atoms with E-state index in [4.69, 9.17) is 11.6 Å². The van der Waals surface area contributed by atoms with Crippen LogP contribution in [0.15, 0.2) is 18.2 Å². The summed E-state index contributed by atoms with van der Waals surface area (Å²) in [6, 6.07) is 6.27. The minimum Gasteiger partial charge on any atom is -0.357 e. The number of hydrogen-bond acceptors (Lipinski definition) is 3. The topological polar surface area (TPSA) is 44.4 Å². The molecule has 2 N–H and O–H groups in total. The van der Waals surface area contributed by atoms with Crippen LogP contribution in [-0.4, -0.2) is 31.6 Å². The molecule has 0 bridgehead atoms. The predicted octanol–water partition coefficient (Wildman–Crippen LogP) is 2.73. The van der Waals surface area contributed by atoms with Crippen molar-refractivity contribution in [3.8, 4) is 0 Å². The number of halogens is 1. The molecule has 2 atom stereocenters. The van der Waals surface area contributed by atoms with Crippen molar-refractivity contribution in [1.29, 1.82) is 0 Å². The van der Waals surface area contributed by atoms with Crippen LogP contribution in [0.2, 0.25) is 5.02 Å². The van der Waals surface area contributed by atoms with Crippen LogP contribution in [-0.2, 0) is 4.79 Å². The third-order valence-electron chi connectivity index (χ3n) is 4.01. The Bertz CT molecular complexity index is 506. The van der Waals surface area contributed by atoms with E-state index in [9.17, 15) is 4.79 Å². The molecule has 0 aromatic heterocycles. The van der Waals surface area contributed by atoms with Gasteiger partial charge in [-0.25, -0.2) is 0 Å². The smallest absolute Gasteiger partial charge is 0.242 e. The molecule has 1 fully saturated rings. The number of carbonyl (C=O) groups excluding carboxylic acids is 1. The van der Waals surface area contributed by atoms with Crippen LogP contribution >= 0.6 is 11.6 Å². The van der Waals surface area contributed by atoms with Crippen molar-refractivity contribution in [3.05, 3.63) is 28.8 Å². The number of amides is 1. The van der Waals surface area contributed by atoms with Crippen molar-refractivity contribution in [1.82, 2.24) is 10.6 Å². The molecular weight excluding hydrogens is 286 g/mol. The first-order valence-electron chi connectivity index (χ1n) is 7.65. The van der Waals surface area contributed by atoms with Crippen LogP contribution in [0, 0.1) is 0 Å². The molecule has 2 rings (SSSR count). The fraction of sp³-hybridized carbons (Fsp3) is 0.562. The average Bonchev–Trinajstić information content (AvgIpc) is 2.47. The van der Waals surface area contributed by atoms with E-state index in [2.05, 4.69) is 35.4 Å². The molecule has 1 aliphatic rings. The lowest BCUT2D eigenvalue weighted by atomic mass is 10.0. The first-order valence-corrected chi connectivity index (χ1v) is 8.03. The van der Waals surface area contributed by atoms with Gasteiger partial charge in [-0.05, 0) is 37.6 Å². The zero-order valence-electron chi connectivity index (χ0n) is 12.9. The second-order valence-corrected chi connectivity index (χ2v) is 5.81. The Balaban J connectivity index is 2.25. The highest BCUT2D eigenvalue weighted by Gasteiger charge is 2.29. The Kier molecular flexibility index (Phi) is 5.48. The highest BCUT2D eigenvalue weighted by molar-refractivity contribution is 6.33. The first kappa shape index (κ1) is 16.1. The van der Waals surface area contributed by atoms with Crippen LogP contribution in [0.25, 0.3) is 0 Å². The molecular formula is C16H24ClN3O. The number of rotatable bonds is 5. The molecule has 1 heterocycles. The molecule has 1 amide bonds. The normalized spacial score (nSPS) is 20.3. The lowest BCUT2D eigenvalue weighted by molar-refractivity contribution is -0.123. The predicted molar refractivity (Wildman–Crippen MR) is 88.0 cm³/mol. The summed E-state index contributed by atoms with van der Waals surface area (Å²) in [5, 5.41) is 7.01. The van der Waals surface area contributed by atoms with E-state index in [1.165, 1.54) is 5.56 Å². The Morgan fingerprint density at radius 3 is 2.86 bits per heavy atom. The van der Waals surface area contributed by atoms with Gasteiger partial charge >= 0.3 is 0 Å². The Morgan fingerprint density at radius 1 is 1.48 bits per heavy atom. The molecule has 21 heavy (non-hydrogen) atoms. The van der Waals surface area contributed by atoms with Gasteiger partial charge in [-0.15, -0.1) is 0 Å². The number of benzene rings is 1. The van der Waals surface area contributed by atoms with E-state index in [-0.39, 0.29) is 18.0 Å². The molecule has 0 saturated carbocycles. The van der Waals surface area contributed by atoms with Gasteiger partial charge in [0.2, 0.25) is 5.91 Å². The minimum atomic E-state index is -0.131. The average molecular weight is 310 g/mol. The molecule has 116 valence electrons. The van der Waals surface area contributed by atoms with Gasteiger partial charge in [0.1, 0.15) is 6.04 Å². The van der Waals surface area contributed by atoms with Crippen molar-refractivity contribution in [2.24, 2.45) is 0 Å². The Morgan fingerprint density at radius 2 is 2.24 bits per heavy atom. The van der Waals surface area contributed by atoms with Crippen molar-refractivity contribution in [2.45, 2.75) is 39.3 Å². The maximum absolute atomic E-state index is 12.0. The van der Waals surface area contributed by atoms with E-state index < -0.39 is 0 Å². The van der Waals surface area contributed by atoms with Crippen molar-refractivity contribution >= 4 is 23.2 Å². The Hall–Kier alpha value is -1.26. The zero-order valence-corrected chi connectivity index (χ0v) is 13.7. The third-order valence-corrected chi connectivity index (χ3v) is 4.31. The molecule has 1 aromatic carbocycles. The summed E-state index contributed by atoms with van der Waals surface area (Å²) in [6.45, 7) is 8.62. The highest BCUT2D eigenvalue weighted by atomic mass is 35.5. The monoisotopic (exact) mass is 309 g/mol. The fourth-order valence-corrected chi connectivity index (χ4v) is 3.16. The van der Waals surface area contributed by atoms with Crippen molar-refractivity contribution < 1.29 is 4.79 Å². The number of nitrogens with zero attached hydrogens (tertiary/aromatic N) is 1. The highest BCUT2D eigenvalue weighted by Crippen LogP contribution is 2.31. The van der Waals surface area contributed by atoms with Crippen LogP contribution in [0.1, 0.15) is 38.8 Å².